The summed E-state index contributed by atoms with van der Waals surface area (Å²) in [7, 11) is -2.86. The first-order chi connectivity index (χ1) is 6.43. The Balaban J connectivity index is 3.75. The van der Waals surface area contributed by atoms with Gasteiger partial charge in [0.25, 0.3) is 0 Å². The topological polar surface area (TPSA) is 54.4 Å². The van der Waals surface area contributed by atoms with Crippen LogP contribution in [0.3, 0.4) is 0 Å². The minimum atomic E-state index is -2.86. The van der Waals surface area contributed by atoms with E-state index in [0.29, 0.717) is 12.8 Å². The minimum absolute atomic E-state index is 0.201. The SMILES string of the molecule is CCC(C)C(O)CCCS(=O)(=O)CC. The lowest BCUT2D eigenvalue weighted by molar-refractivity contribution is 0.105. The molecule has 0 spiro atoms. The van der Waals surface area contributed by atoms with E-state index in [-0.39, 0.29) is 23.5 Å². The van der Waals surface area contributed by atoms with Crippen molar-refractivity contribution in [3.8, 4) is 0 Å². The first-order valence-corrected chi connectivity index (χ1v) is 7.13. The Hall–Kier alpha value is -0.0900. The molecule has 0 fully saturated rings. The van der Waals surface area contributed by atoms with E-state index >= 15 is 0 Å². The molecule has 2 atom stereocenters. The summed E-state index contributed by atoms with van der Waals surface area (Å²) in [6.45, 7) is 5.66. The fourth-order valence-corrected chi connectivity index (χ4v) is 2.11. The zero-order valence-corrected chi connectivity index (χ0v) is 10.2. The summed E-state index contributed by atoms with van der Waals surface area (Å²) in [6.07, 6.45) is 1.74. The first-order valence-electron chi connectivity index (χ1n) is 5.31. The molecule has 3 nitrogen and oxygen atoms in total. The van der Waals surface area contributed by atoms with Crippen LogP contribution in [0.5, 0.6) is 0 Å². The van der Waals surface area contributed by atoms with Gasteiger partial charge in [-0.2, -0.15) is 0 Å². The monoisotopic (exact) mass is 222 g/mol. The summed E-state index contributed by atoms with van der Waals surface area (Å²) >= 11 is 0. The quantitative estimate of drug-likeness (QED) is 0.712. The number of hydrogen-bond acceptors (Lipinski definition) is 3. The number of rotatable bonds is 7. The summed E-state index contributed by atoms with van der Waals surface area (Å²) in [6, 6.07) is 0. The summed E-state index contributed by atoms with van der Waals surface area (Å²) < 4.78 is 22.3. The lowest BCUT2D eigenvalue weighted by Crippen LogP contribution is -2.18. The van der Waals surface area contributed by atoms with Gasteiger partial charge in [-0.05, 0) is 18.8 Å². The van der Waals surface area contributed by atoms with Crippen molar-refractivity contribution < 1.29 is 13.5 Å². The van der Waals surface area contributed by atoms with Gasteiger partial charge in [-0.25, -0.2) is 8.42 Å². The molecule has 0 rings (SSSR count). The number of aliphatic hydroxyl groups excluding tert-OH is 1. The van der Waals surface area contributed by atoms with Crippen LogP contribution in [-0.4, -0.2) is 31.1 Å². The van der Waals surface area contributed by atoms with Gasteiger partial charge in [0.15, 0.2) is 0 Å². The predicted molar refractivity (Wildman–Crippen MR) is 59.0 cm³/mol. The fourth-order valence-electron chi connectivity index (χ4n) is 1.21. The molecule has 14 heavy (non-hydrogen) atoms. The zero-order chi connectivity index (χ0) is 11.2. The van der Waals surface area contributed by atoms with Gasteiger partial charge in [0, 0.05) is 5.75 Å². The Labute approximate surface area is 87.4 Å². The summed E-state index contributed by atoms with van der Waals surface area (Å²) in [4.78, 5) is 0. The molecule has 0 aromatic rings. The van der Waals surface area contributed by atoms with Crippen LogP contribution < -0.4 is 0 Å². The van der Waals surface area contributed by atoms with Crippen LogP contribution in [0.2, 0.25) is 0 Å². The van der Waals surface area contributed by atoms with Crippen molar-refractivity contribution in [2.24, 2.45) is 5.92 Å². The standard InChI is InChI=1S/C10H22O3S/c1-4-9(3)10(11)7-6-8-14(12,13)5-2/h9-11H,4-8H2,1-3H3. The number of aliphatic hydroxyl groups is 1. The Kier molecular flexibility index (Phi) is 6.36. The van der Waals surface area contributed by atoms with Gasteiger partial charge in [-0.15, -0.1) is 0 Å². The lowest BCUT2D eigenvalue weighted by atomic mass is 9.98. The third-order valence-electron chi connectivity index (χ3n) is 2.70. The third kappa shape index (κ3) is 5.60. The summed E-state index contributed by atoms with van der Waals surface area (Å²) in [5.74, 6) is 0.669. The van der Waals surface area contributed by atoms with Crippen molar-refractivity contribution in [2.45, 2.75) is 46.1 Å². The van der Waals surface area contributed by atoms with Crippen LogP contribution in [0.25, 0.3) is 0 Å². The lowest BCUT2D eigenvalue weighted by Gasteiger charge is -2.16. The van der Waals surface area contributed by atoms with E-state index in [1.807, 2.05) is 13.8 Å². The van der Waals surface area contributed by atoms with Crippen LogP contribution in [0.15, 0.2) is 0 Å². The smallest absolute Gasteiger partial charge is 0.150 e. The molecule has 0 aromatic carbocycles. The van der Waals surface area contributed by atoms with Crippen LogP contribution >= 0.6 is 0 Å². The maximum Gasteiger partial charge on any atom is 0.150 e. The van der Waals surface area contributed by atoms with Crippen LogP contribution in [-0.2, 0) is 9.84 Å². The normalized spacial score (nSPS) is 16.6. The molecule has 0 saturated heterocycles. The van der Waals surface area contributed by atoms with Gasteiger partial charge in [0.05, 0.1) is 11.9 Å². The maximum atomic E-state index is 11.1. The molecular weight excluding hydrogens is 200 g/mol. The summed E-state index contributed by atoms with van der Waals surface area (Å²) in [5, 5.41) is 9.59. The largest absolute Gasteiger partial charge is 0.393 e. The van der Waals surface area contributed by atoms with Crippen molar-refractivity contribution >= 4 is 9.84 Å². The minimum Gasteiger partial charge on any atom is -0.393 e. The van der Waals surface area contributed by atoms with Crippen molar-refractivity contribution in [3.05, 3.63) is 0 Å². The van der Waals surface area contributed by atoms with E-state index in [4.69, 9.17) is 0 Å². The second-order valence-electron chi connectivity index (χ2n) is 3.83. The van der Waals surface area contributed by atoms with Gasteiger partial charge >= 0.3 is 0 Å². The Morgan fingerprint density at radius 2 is 1.86 bits per heavy atom. The molecule has 0 aliphatic carbocycles. The molecule has 0 radical (unpaired) electrons. The van der Waals surface area contributed by atoms with Gasteiger partial charge < -0.3 is 5.11 Å². The zero-order valence-electron chi connectivity index (χ0n) is 9.36. The molecule has 4 heteroatoms. The molecule has 86 valence electrons. The van der Waals surface area contributed by atoms with Crippen LogP contribution in [0, 0.1) is 5.92 Å². The van der Waals surface area contributed by atoms with E-state index in [2.05, 4.69) is 0 Å². The third-order valence-corrected chi connectivity index (χ3v) is 4.49. The van der Waals surface area contributed by atoms with Gasteiger partial charge in [-0.1, -0.05) is 27.2 Å². The van der Waals surface area contributed by atoms with E-state index in [1.165, 1.54) is 0 Å². The molecule has 2 unspecified atom stereocenters. The Morgan fingerprint density at radius 1 is 1.29 bits per heavy atom. The molecule has 0 amide bonds. The first kappa shape index (κ1) is 13.9. The molecule has 0 aromatic heterocycles. The van der Waals surface area contributed by atoms with Crippen molar-refractivity contribution in [1.82, 2.24) is 0 Å². The van der Waals surface area contributed by atoms with E-state index in [9.17, 15) is 13.5 Å². The average molecular weight is 222 g/mol. The van der Waals surface area contributed by atoms with Crippen molar-refractivity contribution in [1.29, 1.82) is 0 Å². The molecule has 1 N–H and O–H groups in total. The Morgan fingerprint density at radius 3 is 2.29 bits per heavy atom. The van der Waals surface area contributed by atoms with E-state index in [0.717, 1.165) is 6.42 Å². The molecule has 0 aliphatic heterocycles. The molecular formula is C10H22O3S. The number of sulfone groups is 1. The molecule has 0 bridgehead atoms. The average Bonchev–Trinajstić information content (AvgIpc) is 2.16. The summed E-state index contributed by atoms with van der Waals surface area (Å²) in [5.41, 5.74) is 0. The van der Waals surface area contributed by atoms with Crippen LogP contribution in [0.4, 0.5) is 0 Å². The second kappa shape index (κ2) is 6.40. The fraction of sp³-hybridized carbons (Fsp3) is 1.00. The molecule has 0 saturated carbocycles. The maximum absolute atomic E-state index is 11.1. The van der Waals surface area contributed by atoms with E-state index < -0.39 is 9.84 Å². The van der Waals surface area contributed by atoms with Gasteiger partial charge in [-0.3, -0.25) is 0 Å². The van der Waals surface area contributed by atoms with Crippen LogP contribution in [0.1, 0.15) is 40.0 Å². The molecule has 0 aliphatic rings. The highest BCUT2D eigenvalue weighted by atomic mass is 32.2. The number of hydrogen-bond donors (Lipinski definition) is 1. The van der Waals surface area contributed by atoms with Gasteiger partial charge in [0.2, 0.25) is 0 Å². The van der Waals surface area contributed by atoms with Crippen molar-refractivity contribution in [2.75, 3.05) is 11.5 Å². The van der Waals surface area contributed by atoms with Gasteiger partial charge in [0.1, 0.15) is 9.84 Å². The van der Waals surface area contributed by atoms with Crippen molar-refractivity contribution in [3.63, 3.8) is 0 Å². The molecule has 0 heterocycles. The highest BCUT2D eigenvalue weighted by Gasteiger charge is 2.13. The highest BCUT2D eigenvalue weighted by molar-refractivity contribution is 7.91. The van der Waals surface area contributed by atoms with E-state index in [1.54, 1.807) is 6.92 Å². The predicted octanol–water partition coefficient (Wildman–Crippen LogP) is 1.61. The highest BCUT2D eigenvalue weighted by Crippen LogP contribution is 2.13. The second-order valence-corrected chi connectivity index (χ2v) is 6.30. The Bertz CT molecular complexity index is 234.